The van der Waals surface area contributed by atoms with Crippen LogP contribution in [0.1, 0.15) is 19.4 Å². The van der Waals surface area contributed by atoms with Gasteiger partial charge in [-0.1, -0.05) is 12.1 Å². The monoisotopic (exact) mass is 263 g/mol. The van der Waals surface area contributed by atoms with Gasteiger partial charge < -0.3 is 14.8 Å². The first kappa shape index (κ1) is 12.7. The van der Waals surface area contributed by atoms with Crippen LogP contribution in [0.3, 0.4) is 0 Å². The van der Waals surface area contributed by atoms with E-state index in [-0.39, 0.29) is 0 Å². The summed E-state index contributed by atoms with van der Waals surface area (Å²) >= 11 is 0. The summed E-state index contributed by atoms with van der Waals surface area (Å²) < 4.78 is 10.9. The van der Waals surface area contributed by atoms with E-state index in [0.717, 1.165) is 30.2 Å². The molecule has 2 aliphatic heterocycles. The standard InChI is InChI=1S/C14H21N3O2/c1-9-12(10(2)17-16-9)7-15-6-11-4-3-5-13-14(11)19-8-18-13/h3-5,9-10,12,15-17H,6-8H2,1-2H3. The van der Waals surface area contributed by atoms with Gasteiger partial charge in [-0.25, -0.2) is 0 Å². The van der Waals surface area contributed by atoms with E-state index in [0.29, 0.717) is 24.8 Å². The van der Waals surface area contributed by atoms with Gasteiger partial charge in [0.1, 0.15) is 0 Å². The van der Waals surface area contributed by atoms with Gasteiger partial charge in [0.05, 0.1) is 0 Å². The zero-order valence-corrected chi connectivity index (χ0v) is 11.4. The lowest BCUT2D eigenvalue weighted by Gasteiger charge is -2.18. The minimum atomic E-state index is 0.330. The third kappa shape index (κ3) is 2.54. The van der Waals surface area contributed by atoms with Gasteiger partial charge in [-0.2, -0.15) is 0 Å². The van der Waals surface area contributed by atoms with Gasteiger partial charge >= 0.3 is 0 Å². The highest BCUT2D eigenvalue weighted by atomic mass is 16.7. The Kier molecular flexibility index (Phi) is 3.59. The summed E-state index contributed by atoms with van der Waals surface area (Å²) in [5, 5.41) is 3.52. The molecule has 2 heterocycles. The van der Waals surface area contributed by atoms with E-state index in [4.69, 9.17) is 9.47 Å². The molecule has 0 spiro atoms. The molecule has 0 bridgehead atoms. The zero-order chi connectivity index (χ0) is 13.2. The van der Waals surface area contributed by atoms with Gasteiger partial charge in [-0.15, -0.1) is 0 Å². The Morgan fingerprint density at radius 2 is 2.00 bits per heavy atom. The molecule has 1 fully saturated rings. The topological polar surface area (TPSA) is 54.5 Å². The molecule has 2 aliphatic rings. The quantitative estimate of drug-likeness (QED) is 0.757. The molecule has 3 N–H and O–H groups in total. The van der Waals surface area contributed by atoms with Gasteiger partial charge in [0.2, 0.25) is 6.79 Å². The molecular formula is C14H21N3O2. The molecule has 1 aromatic rings. The first-order valence-electron chi connectivity index (χ1n) is 6.85. The average Bonchev–Trinajstić information content (AvgIpc) is 3.00. The van der Waals surface area contributed by atoms with E-state index in [1.165, 1.54) is 0 Å². The lowest BCUT2D eigenvalue weighted by Crippen LogP contribution is -2.33. The Hall–Kier alpha value is -1.30. The number of hydrazine groups is 1. The summed E-state index contributed by atoms with van der Waals surface area (Å²) in [6.45, 7) is 6.53. The van der Waals surface area contributed by atoms with Crippen molar-refractivity contribution in [1.29, 1.82) is 0 Å². The second-order valence-corrected chi connectivity index (χ2v) is 5.31. The SMILES string of the molecule is CC1NNC(C)C1CNCc1cccc2c1OCO2. The summed E-state index contributed by atoms with van der Waals surface area (Å²) in [7, 11) is 0. The number of nitrogens with one attached hydrogen (secondary N) is 3. The van der Waals surface area contributed by atoms with Crippen molar-refractivity contribution in [3.63, 3.8) is 0 Å². The normalized spacial score (nSPS) is 28.8. The van der Waals surface area contributed by atoms with Crippen molar-refractivity contribution in [3.05, 3.63) is 23.8 Å². The zero-order valence-electron chi connectivity index (χ0n) is 11.4. The van der Waals surface area contributed by atoms with Crippen LogP contribution in [-0.2, 0) is 6.54 Å². The predicted octanol–water partition coefficient (Wildman–Crippen LogP) is 1.01. The van der Waals surface area contributed by atoms with Gasteiger partial charge in [-0.05, 0) is 19.9 Å². The fourth-order valence-electron chi connectivity index (χ4n) is 2.77. The van der Waals surface area contributed by atoms with E-state index in [1.54, 1.807) is 0 Å². The maximum atomic E-state index is 5.51. The smallest absolute Gasteiger partial charge is 0.231 e. The molecule has 5 nitrogen and oxygen atoms in total. The van der Waals surface area contributed by atoms with Crippen molar-refractivity contribution in [2.75, 3.05) is 13.3 Å². The van der Waals surface area contributed by atoms with Crippen LogP contribution in [0, 0.1) is 5.92 Å². The summed E-state index contributed by atoms with van der Waals surface area (Å²) in [4.78, 5) is 0. The number of rotatable bonds is 4. The molecular weight excluding hydrogens is 242 g/mol. The van der Waals surface area contributed by atoms with Crippen molar-refractivity contribution >= 4 is 0 Å². The molecule has 1 saturated heterocycles. The second-order valence-electron chi connectivity index (χ2n) is 5.31. The highest BCUT2D eigenvalue weighted by Crippen LogP contribution is 2.35. The Balaban J connectivity index is 1.57. The fourth-order valence-corrected chi connectivity index (χ4v) is 2.77. The molecule has 0 radical (unpaired) electrons. The number of hydrogen-bond acceptors (Lipinski definition) is 5. The van der Waals surface area contributed by atoms with E-state index in [1.807, 2.05) is 12.1 Å². The first-order valence-corrected chi connectivity index (χ1v) is 6.85. The maximum Gasteiger partial charge on any atom is 0.231 e. The van der Waals surface area contributed by atoms with E-state index >= 15 is 0 Å². The first-order chi connectivity index (χ1) is 9.25. The Bertz CT molecular complexity index is 442. The van der Waals surface area contributed by atoms with Gasteiger partial charge in [0.25, 0.3) is 0 Å². The second kappa shape index (κ2) is 5.36. The van der Waals surface area contributed by atoms with Crippen LogP contribution >= 0.6 is 0 Å². The van der Waals surface area contributed by atoms with Crippen molar-refractivity contribution in [2.45, 2.75) is 32.5 Å². The van der Waals surface area contributed by atoms with E-state index < -0.39 is 0 Å². The summed E-state index contributed by atoms with van der Waals surface area (Å²) in [6, 6.07) is 7.01. The molecule has 0 saturated carbocycles. The maximum absolute atomic E-state index is 5.51. The summed E-state index contributed by atoms with van der Waals surface area (Å²) in [6.07, 6.45) is 0. The Morgan fingerprint density at radius 3 is 2.79 bits per heavy atom. The molecule has 1 aromatic carbocycles. The summed E-state index contributed by atoms with van der Waals surface area (Å²) in [5.41, 5.74) is 7.71. The van der Waals surface area contributed by atoms with Crippen LogP contribution in [0.15, 0.2) is 18.2 Å². The third-order valence-corrected chi connectivity index (χ3v) is 4.00. The minimum Gasteiger partial charge on any atom is -0.454 e. The van der Waals surface area contributed by atoms with Crippen molar-refractivity contribution in [3.8, 4) is 11.5 Å². The largest absolute Gasteiger partial charge is 0.454 e. The van der Waals surface area contributed by atoms with Crippen molar-refractivity contribution in [1.82, 2.24) is 16.2 Å². The fraction of sp³-hybridized carbons (Fsp3) is 0.571. The van der Waals surface area contributed by atoms with Gasteiger partial charge in [-0.3, -0.25) is 10.9 Å². The number of para-hydroxylation sites is 1. The molecule has 3 rings (SSSR count). The lowest BCUT2D eigenvalue weighted by molar-refractivity contribution is 0.173. The molecule has 5 heteroatoms. The number of fused-ring (bicyclic) bond motifs is 1. The van der Waals surface area contributed by atoms with Crippen molar-refractivity contribution < 1.29 is 9.47 Å². The highest BCUT2D eigenvalue weighted by Gasteiger charge is 2.29. The van der Waals surface area contributed by atoms with Gasteiger partial charge in [0.15, 0.2) is 11.5 Å². The summed E-state index contributed by atoms with van der Waals surface area (Å²) in [5.74, 6) is 2.33. The van der Waals surface area contributed by atoms with Gasteiger partial charge in [0, 0.05) is 36.7 Å². The van der Waals surface area contributed by atoms with Crippen LogP contribution in [0.2, 0.25) is 0 Å². The highest BCUT2D eigenvalue weighted by molar-refractivity contribution is 5.48. The molecule has 2 unspecified atom stereocenters. The Labute approximate surface area is 113 Å². The molecule has 0 amide bonds. The molecule has 0 aliphatic carbocycles. The van der Waals surface area contributed by atoms with E-state index in [9.17, 15) is 0 Å². The predicted molar refractivity (Wildman–Crippen MR) is 73.0 cm³/mol. The molecule has 0 aromatic heterocycles. The lowest BCUT2D eigenvalue weighted by atomic mass is 9.96. The van der Waals surface area contributed by atoms with Crippen LogP contribution in [0.5, 0.6) is 11.5 Å². The average molecular weight is 263 g/mol. The van der Waals surface area contributed by atoms with E-state index in [2.05, 4.69) is 36.1 Å². The molecule has 104 valence electrons. The van der Waals surface area contributed by atoms with Crippen LogP contribution in [0.25, 0.3) is 0 Å². The van der Waals surface area contributed by atoms with Crippen molar-refractivity contribution in [2.24, 2.45) is 5.92 Å². The molecule has 19 heavy (non-hydrogen) atoms. The van der Waals surface area contributed by atoms with Crippen LogP contribution < -0.4 is 25.6 Å². The van der Waals surface area contributed by atoms with Crippen LogP contribution in [-0.4, -0.2) is 25.4 Å². The minimum absolute atomic E-state index is 0.330. The van der Waals surface area contributed by atoms with Crippen LogP contribution in [0.4, 0.5) is 0 Å². The third-order valence-electron chi connectivity index (χ3n) is 4.00. The number of ether oxygens (including phenoxy) is 2. The number of hydrogen-bond donors (Lipinski definition) is 3. The Morgan fingerprint density at radius 1 is 1.21 bits per heavy atom. The number of benzene rings is 1. The molecule has 2 atom stereocenters.